The highest BCUT2D eigenvalue weighted by Crippen LogP contribution is 2.35. The summed E-state index contributed by atoms with van der Waals surface area (Å²) in [7, 11) is -5.87. The predicted molar refractivity (Wildman–Crippen MR) is 91.2 cm³/mol. The Labute approximate surface area is 153 Å². The number of hydrogen-bond donors (Lipinski definition) is 0. The first-order valence-corrected chi connectivity index (χ1v) is 9.12. The standard InChI is InChI=1S/C16H8BrF3O5S/c17-11-7-14-10(6-15(11)25-26(22,23)16(18,19)20)12(21)8-13(24-14)9-4-2-1-3-5-9/h1-8H. The topological polar surface area (TPSA) is 73.6 Å². The number of benzene rings is 2. The van der Waals surface area contributed by atoms with E-state index in [4.69, 9.17) is 4.42 Å². The van der Waals surface area contributed by atoms with Gasteiger partial charge in [-0.2, -0.15) is 21.6 Å². The van der Waals surface area contributed by atoms with Gasteiger partial charge >= 0.3 is 15.6 Å². The van der Waals surface area contributed by atoms with Crippen LogP contribution in [0, 0.1) is 0 Å². The highest BCUT2D eigenvalue weighted by Gasteiger charge is 2.48. The van der Waals surface area contributed by atoms with E-state index >= 15 is 0 Å². The maximum Gasteiger partial charge on any atom is 0.534 e. The first-order chi connectivity index (χ1) is 12.1. The second-order valence-electron chi connectivity index (χ2n) is 5.10. The van der Waals surface area contributed by atoms with Gasteiger partial charge in [0, 0.05) is 11.6 Å². The molecule has 0 radical (unpaired) electrons. The van der Waals surface area contributed by atoms with E-state index in [1.165, 1.54) is 6.07 Å². The molecule has 0 spiro atoms. The van der Waals surface area contributed by atoms with Crippen LogP contribution in [0.25, 0.3) is 22.3 Å². The van der Waals surface area contributed by atoms with Crippen molar-refractivity contribution in [1.82, 2.24) is 0 Å². The van der Waals surface area contributed by atoms with Crippen molar-refractivity contribution in [1.29, 1.82) is 0 Å². The number of halogens is 4. The number of rotatable bonds is 3. The molecule has 0 amide bonds. The fourth-order valence-electron chi connectivity index (χ4n) is 2.13. The van der Waals surface area contributed by atoms with Gasteiger partial charge in [0.15, 0.2) is 11.2 Å². The van der Waals surface area contributed by atoms with Crippen LogP contribution in [0.4, 0.5) is 13.2 Å². The molecule has 2 aromatic carbocycles. The average molecular weight is 449 g/mol. The molecule has 0 aliphatic rings. The van der Waals surface area contributed by atoms with E-state index in [0.717, 1.165) is 12.1 Å². The molecule has 5 nitrogen and oxygen atoms in total. The summed E-state index contributed by atoms with van der Waals surface area (Å²) in [5.41, 5.74) is -5.47. The number of alkyl halides is 3. The molecule has 0 fully saturated rings. The van der Waals surface area contributed by atoms with Gasteiger partial charge in [-0.1, -0.05) is 30.3 Å². The third kappa shape index (κ3) is 3.47. The molecule has 0 N–H and O–H groups in total. The Hall–Kier alpha value is -2.33. The van der Waals surface area contributed by atoms with E-state index in [-0.39, 0.29) is 21.2 Å². The summed E-state index contributed by atoms with van der Waals surface area (Å²) in [6, 6.07) is 11.9. The minimum absolute atomic E-state index is 0.0555. The second kappa shape index (κ2) is 6.44. The summed E-state index contributed by atoms with van der Waals surface area (Å²) >= 11 is 2.92. The van der Waals surface area contributed by atoms with Gasteiger partial charge in [0.05, 0.1) is 9.86 Å². The Morgan fingerprint density at radius 1 is 1.04 bits per heavy atom. The van der Waals surface area contributed by atoms with Crippen LogP contribution in [0.1, 0.15) is 0 Å². The molecule has 0 unspecified atom stereocenters. The van der Waals surface area contributed by atoms with Crippen LogP contribution in [0.15, 0.2) is 62.2 Å². The molecule has 1 aromatic heterocycles. The molecule has 3 aromatic rings. The van der Waals surface area contributed by atoms with Crippen molar-refractivity contribution < 1.29 is 30.2 Å². The minimum atomic E-state index is -5.87. The van der Waals surface area contributed by atoms with Crippen molar-refractivity contribution in [3.05, 3.63) is 63.2 Å². The summed E-state index contributed by atoms with van der Waals surface area (Å²) in [5.74, 6) is -0.416. The third-order valence-electron chi connectivity index (χ3n) is 3.32. The van der Waals surface area contributed by atoms with Gasteiger partial charge in [-0.3, -0.25) is 4.79 Å². The van der Waals surface area contributed by atoms with Gasteiger partial charge in [0.25, 0.3) is 0 Å². The first-order valence-electron chi connectivity index (χ1n) is 6.92. The highest BCUT2D eigenvalue weighted by atomic mass is 79.9. The van der Waals surface area contributed by atoms with E-state index in [1.54, 1.807) is 30.3 Å². The fourth-order valence-corrected chi connectivity index (χ4v) is 3.11. The first kappa shape index (κ1) is 18.5. The third-order valence-corrected chi connectivity index (χ3v) is 4.91. The van der Waals surface area contributed by atoms with E-state index in [9.17, 15) is 26.4 Å². The smallest absolute Gasteiger partial charge is 0.456 e. The Balaban J connectivity index is 2.13. The minimum Gasteiger partial charge on any atom is -0.456 e. The quantitative estimate of drug-likeness (QED) is 0.437. The van der Waals surface area contributed by atoms with Crippen molar-refractivity contribution in [2.45, 2.75) is 5.51 Å². The molecular formula is C16H8BrF3O5S. The molecule has 0 saturated heterocycles. The largest absolute Gasteiger partial charge is 0.534 e. The number of hydrogen-bond acceptors (Lipinski definition) is 5. The van der Waals surface area contributed by atoms with Gasteiger partial charge in [0.1, 0.15) is 11.3 Å². The summed E-state index contributed by atoms with van der Waals surface area (Å²) in [5, 5.41) is -0.125. The van der Waals surface area contributed by atoms with Crippen LogP contribution in [0.5, 0.6) is 5.75 Å². The van der Waals surface area contributed by atoms with Crippen molar-refractivity contribution in [3.8, 4) is 17.1 Å². The molecule has 1 heterocycles. The second-order valence-corrected chi connectivity index (χ2v) is 7.50. The summed E-state index contributed by atoms with van der Waals surface area (Å²) in [6.45, 7) is 0. The summed E-state index contributed by atoms with van der Waals surface area (Å²) in [4.78, 5) is 12.3. The van der Waals surface area contributed by atoms with Crippen LogP contribution in [-0.2, 0) is 10.1 Å². The van der Waals surface area contributed by atoms with Crippen LogP contribution in [-0.4, -0.2) is 13.9 Å². The Bertz CT molecular complexity index is 1140. The Morgan fingerprint density at radius 2 is 1.69 bits per heavy atom. The zero-order chi connectivity index (χ0) is 19.1. The molecule has 3 rings (SSSR count). The van der Waals surface area contributed by atoms with E-state index in [2.05, 4.69) is 20.1 Å². The van der Waals surface area contributed by atoms with Crippen LogP contribution >= 0.6 is 15.9 Å². The van der Waals surface area contributed by atoms with Gasteiger partial charge < -0.3 is 8.60 Å². The summed E-state index contributed by atoms with van der Waals surface area (Å²) in [6.07, 6.45) is 0. The lowest BCUT2D eigenvalue weighted by Crippen LogP contribution is -2.28. The number of fused-ring (bicyclic) bond motifs is 1. The maximum atomic E-state index is 12.5. The molecule has 0 bridgehead atoms. The lowest BCUT2D eigenvalue weighted by atomic mass is 10.1. The van der Waals surface area contributed by atoms with E-state index < -0.39 is 26.8 Å². The van der Waals surface area contributed by atoms with E-state index in [0.29, 0.717) is 5.56 Å². The van der Waals surface area contributed by atoms with Gasteiger partial charge in [-0.25, -0.2) is 0 Å². The molecule has 0 saturated carbocycles. The molecule has 136 valence electrons. The van der Waals surface area contributed by atoms with Crippen LogP contribution in [0.2, 0.25) is 0 Å². The lowest BCUT2D eigenvalue weighted by molar-refractivity contribution is -0.0500. The van der Waals surface area contributed by atoms with Crippen LogP contribution < -0.4 is 9.61 Å². The molecule has 10 heteroatoms. The maximum absolute atomic E-state index is 12.5. The zero-order valence-electron chi connectivity index (χ0n) is 12.6. The van der Waals surface area contributed by atoms with Crippen molar-refractivity contribution in [3.63, 3.8) is 0 Å². The molecular weight excluding hydrogens is 441 g/mol. The molecule has 26 heavy (non-hydrogen) atoms. The highest BCUT2D eigenvalue weighted by molar-refractivity contribution is 9.10. The monoisotopic (exact) mass is 448 g/mol. The zero-order valence-corrected chi connectivity index (χ0v) is 15.0. The Kier molecular flexibility index (Phi) is 4.57. The van der Waals surface area contributed by atoms with Crippen molar-refractivity contribution in [2.24, 2.45) is 0 Å². The predicted octanol–water partition coefficient (Wildman–Crippen LogP) is 4.45. The molecule has 0 aliphatic carbocycles. The van der Waals surface area contributed by atoms with E-state index in [1.807, 2.05) is 0 Å². The van der Waals surface area contributed by atoms with Crippen LogP contribution in [0.3, 0.4) is 0 Å². The van der Waals surface area contributed by atoms with Crippen molar-refractivity contribution in [2.75, 3.05) is 0 Å². The normalized spacial score (nSPS) is 12.3. The van der Waals surface area contributed by atoms with Gasteiger partial charge in [-0.15, -0.1) is 0 Å². The fraction of sp³-hybridized carbons (Fsp3) is 0.0625. The van der Waals surface area contributed by atoms with Gasteiger partial charge in [-0.05, 0) is 28.1 Å². The average Bonchev–Trinajstić information content (AvgIpc) is 2.55. The molecule has 0 aliphatic heterocycles. The molecule has 0 atom stereocenters. The lowest BCUT2D eigenvalue weighted by Gasteiger charge is -2.11. The summed E-state index contributed by atoms with van der Waals surface area (Å²) < 4.78 is 69.3. The van der Waals surface area contributed by atoms with Crippen molar-refractivity contribution >= 4 is 37.0 Å². The SMILES string of the molecule is O=c1cc(-c2ccccc2)oc2cc(Br)c(OS(=O)(=O)C(F)(F)F)cc12. The Morgan fingerprint density at radius 3 is 2.31 bits per heavy atom. The van der Waals surface area contributed by atoms with Gasteiger partial charge in [0.2, 0.25) is 0 Å².